The van der Waals surface area contributed by atoms with Crippen LogP contribution < -0.4 is 0 Å². The molecule has 1 aliphatic rings. The van der Waals surface area contributed by atoms with E-state index in [-0.39, 0.29) is 0 Å². The van der Waals surface area contributed by atoms with E-state index in [1.54, 1.807) is 0 Å². The highest BCUT2D eigenvalue weighted by atomic mass is 15.0. The first-order chi connectivity index (χ1) is 32.7. The minimum absolute atomic E-state index is 0.656. The van der Waals surface area contributed by atoms with E-state index in [4.69, 9.17) is 19.9 Å². The van der Waals surface area contributed by atoms with Crippen LogP contribution in [0.5, 0.6) is 0 Å². The molecule has 4 nitrogen and oxygen atoms in total. The molecule has 4 heteroatoms. The first kappa shape index (κ1) is 39.0. The first-order valence-electron chi connectivity index (χ1n) is 22.6. The Morgan fingerprint density at radius 2 is 0.788 bits per heavy atom. The molecule has 0 atom stereocenters. The van der Waals surface area contributed by atoms with Crippen LogP contribution in [0.3, 0.4) is 0 Å². The fraction of sp³-hybridized carbons (Fsp3) is 0.0323. The third-order valence-electron chi connectivity index (χ3n) is 12.9. The van der Waals surface area contributed by atoms with Gasteiger partial charge in [-0.1, -0.05) is 212 Å². The molecule has 0 fully saturated rings. The monoisotopic (exact) mass is 842 g/mol. The van der Waals surface area contributed by atoms with E-state index in [1.165, 1.54) is 44.0 Å². The molecule has 66 heavy (non-hydrogen) atoms. The van der Waals surface area contributed by atoms with Gasteiger partial charge in [0.25, 0.3) is 0 Å². The normalized spacial score (nSPS) is 12.6. The molecule has 11 aromatic rings. The van der Waals surface area contributed by atoms with Crippen LogP contribution in [0.4, 0.5) is 0 Å². The van der Waals surface area contributed by atoms with Gasteiger partial charge in [-0.05, 0) is 103 Å². The second-order valence-electron chi connectivity index (χ2n) is 16.9. The predicted octanol–water partition coefficient (Wildman–Crippen LogP) is 16.0. The van der Waals surface area contributed by atoms with Crippen molar-refractivity contribution in [1.82, 2.24) is 19.9 Å². The second kappa shape index (κ2) is 16.8. The van der Waals surface area contributed by atoms with Crippen LogP contribution >= 0.6 is 0 Å². The Morgan fingerprint density at radius 1 is 0.288 bits per heavy atom. The van der Waals surface area contributed by atoms with Crippen LogP contribution in [0.1, 0.15) is 24.2 Å². The quantitative estimate of drug-likeness (QED) is 0.143. The highest BCUT2D eigenvalue weighted by Crippen LogP contribution is 2.40. The van der Waals surface area contributed by atoms with E-state index in [1.807, 2.05) is 6.07 Å². The molecule has 12 rings (SSSR count). The predicted molar refractivity (Wildman–Crippen MR) is 274 cm³/mol. The van der Waals surface area contributed by atoms with E-state index in [0.29, 0.717) is 17.5 Å². The minimum atomic E-state index is 0.656. The van der Waals surface area contributed by atoms with Crippen LogP contribution in [-0.2, 0) is 0 Å². The summed E-state index contributed by atoms with van der Waals surface area (Å²) in [6.07, 6.45) is 6.17. The van der Waals surface area contributed by atoms with Crippen LogP contribution in [0, 0.1) is 0 Å². The molecule has 0 amide bonds. The van der Waals surface area contributed by atoms with Gasteiger partial charge >= 0.3 is 0 Å². The maximum atomic E-state index is 5.26. The molecule has 0 aliphatic heterocycles. The number of hydrogen-bond donors (Lipinski definition) is 0. The Balaban J connectivity index is 0.936. The molecule has 2 heterocycles. The average molecular weight is 843 g/mol. The lowest BCUT2D eigenvalue weighted by Crippen LogP contribution is -2.05. The summed E-state index contributed by atoms with van der Waals surface area (Å²) in [5, 5.41) is 5.81. The molecule has 0 N–H and O–H groups in total. The second-order valence-corrected chi connectivity index (χ2v) is 16.9. The van der Waals surface area contributed by atoms with E-state index in [2.05, 4.69) is 224 Å². The molecule has 0 bridgehead atoms. The maximum absolute atomic E-state index is 5.26. The lowest BCUT2D eigenvalue weighted by Gasteiger charge is -2.17. The van der Waals surface area contributed by atoms with Gasteiger partial charge in [0.15, 0.2) is 17.5 Å². The van der Waals surface area contributed by atoms with Crippen LogP contribution in [0.2, 0.25) is 0 Å². The Hall–Kier alpha value is -8.60. The maximum Gasteiger partial charge on any atom is 0.164 e. The number of allylic oxidation sites excluding steroid dienone is 4. The van der Waals surface area contributed by atoms with Crippen LogP contribution in [0.25, 0.3) is 111 Å². The van der Waals surface area contributed by atoms with Gasteiger partial charge in [0, 0.05) is 22.1 Å². The highest BCUT2D eigenvalue weighted by molar-refractivity contribution is 6.14. The standard InChI is InChI=1S/C62H42N4/c1-4-14-41(15-5-1)43-24-32-49(33-25-43)60-64-61(50-34-26-44(27-35-50)42-16-6-2-7-17-42)66-62(65-60)55-38-37-51(53-22-12-13-23-54(53)55)47-28-30-48(31-29-47)58-40-56(45-18-8-3-9-19-45)59-52-21-11-10-20-46(52)36-39-57(59)63-58/h1-26,28-34,36-40H,27,35H2. The minimum Gasteiger partial charge on any atom is -0.248 e. The zero-order valence-electron chi connectivity index (χ0n) is 36.1. The molecular weight excluding hydrogens is 801 g/mol. The summed E-state index contributed by atoms with van der Waals surface area (Å²) in [5.74, 6) is 2.02. The molecule has 0 unspecified atom stereocenters. The van der Waals surface area contributed by atoms with Crippen molar-refractivity contribution in [2.45, 2.75) is 12.8 Å². The van der Waals surface area contributed by atoms with Gasteiger partial charge in [0.05, 0.1) is 11.2 Å². The average Bonchev–Trinajstić information content (AvgIpc) is 3.41. The first-order valence-corrected chi connectivity index (χ1v) is 22.6. The summed E-state index contributed by atoms with van der Waals surface area (Å²) >= 11 is 0. The lowest BCUT2D eigenvalue weighted by molar-refractivity contribution is 0.986. The van der Waals surface area contributed by atoms with Gasteiger partial charge < -0.3 is 0 Å². The number of fused-ring (bicyclic) bond motifs is 4. The van der Waals surface area contributed by atoms with Crippen molar-refractivity contribution in [1.29, 1.82) is 0 Å². The van der Waals surface area contributed by atoms with E-state index >= 15 is 0 Å². The molecule has 1 aliphatic carbocycles. The number of aromatic nitrogens is 4. The number of benzene rings is 9. The molecule has 0 radical (unpaired) electrons. The van der Waals surface area contributed by atoms with Crippen LogP contribution in [0.15, 0.2) is 231 Å². The Bertz CT molecular complexity index is 3650. The third-order valence-corrected chi connectivity index (χ3v) is 12.9. The van der Waals surface area contributed by atoms with Crippen LogP contribution in [-0.4, -0.2) is 19.9 Å². The summed E-state index contributed by atoms with van der Waals surface area (Å²) in [6, 6.07) is 77.2. The topological polar surface area (TPSA) is 51.6 Å². The van der Waals surface area contributed by atoms with E-state index < -0.39 is 0 Å². The van der Waals surface area contributed by atoms with Gasteiger partial charge in [-0.2, -0.15) is 0 Å². The van der Waals surface area contributed by atoms with Crippen molar-refractivity contribution in [3.05, 3.63) is 242 Å². The van der Waals surface area contributed by atoms with Gasteiger partial charge in [-0.25, -0.2) is 19.9 Å². The number of nitrogens with zero attached hydrogens (tertiary/aromatic N) is 4. The van der Waals surface area contributed by atoms with Crippen molar-refractivity contribution in [3.63, 3.8) is 0 Å². The van der Waals surface area contributed by atoms with Gasteiger partial charge in [0.1, 0.15) is 0 Å². The summed E-state index contributed by atoms with van der Waals surface area (Å²) in [6.45, 7) is 0. The Labute approximate surface area is 384 Å². The van der Waals surface area contributed by atoms with E-state index in [0.717, 1.165) is 73.8 Å². The van der Waals surface area contributed by atoms with Crippen molar-refractivity contribution in [2.24, 2.45) is 0 Å². The zero-order valence-corrected chi connectivity index (χ0v) is 36.1. The molecule has 0 saturated heterocycles. The lowest BCUT2D eigenvalue weighted by atomic mass is 9.92. The van der Waals surface area contributed by atoms with Crippen molar-refractivity contribution < 1.29 is 0 Å². The molecule has 310 valence electrons. The van der Waals surface area contributed by atoms with Crippen molar-refractivity contribution in [3.8, 4) is 67.4 Å². The molecule has 9 aromatic carbocycles. The fourth-order valence-electron chi connectivity index (χ4n) is 9.49. The largest absolute Gasteiger partial charge is 0.248 e. The summed E-state index contributed by atoms with van der Waals surface area (Å²) in [7, 11) is 0. The summed E-state index contributed by atoms with van der Waals surface area (Å²) in [4.78, 5) is 20.9. The zero-order chi connectivity index (χ0) is 43.8. The smallest absolute Gasteiger partial charge is 0.164 e. The highest BCUT2D eigenvalue weighted by Gasteiger charge is 2.20. The fourth-order valence-corrected chi connectivity index (χ4v) is 9.49. The number of pyridine rings is 1. The summed E-state index contributed by atoms with van der Waals surface area (Å²) in [5.41, 5.74) is 15.5. The molecule has 0 saturated carbocycles. The third kappa shape index (κ3) is 7.35. The van der Waals surface area contributed by atoms with Gasteiger partial charge in [-0.15, -0.1) is 0 Å². The van der Waals surface area contributed by atoms with Gasteiger partial charge in [0.2, 0.25) is 0 Å². The molecule has 0 spiro atoms. The van der Waals surface area contributed by atoms with Gasteiger partial charge in [-0.3, -0.25) is 0 Å². The van der Waals surface area contributed by atoms with E-state index in [9.17, 15) is 0 Å². The molecule has 2 aromatic heterocycles. The van der Waals surface area contributed by atoms with Crippen molar-refractivity contribution >= 4 is 43.6 Å². The Morgan fingerprint density at radius 3 is 1.50 bits per heavy atom. The Kier molecular flexibility index (Phi) is 9.95. The number of hydrogen-bond acceptors (Lipinski definition) is 4. The SMILES string of the molecule is C1=C(c2ccccc2)CCC(c2nc(-c3ccc(-c4ccccc4)cc3)nc(-c3ccc(-c4ccc(-c5cc(-c6ccccc6)c6c(ccc7ccccc76)n5)cc4)c4ccccc34)n2)=C1. The number of rotatable bonds is 8. The summed E-state index contributed by atoms with van der Waals surface area (Å²) < 4.78 is 0. The molecular formula is C62H42N4. The van der Waals surface area contributed by atoms with Crippen molar-refractivity contribution in [2.75, 3.05) is 0 Å².